The summed E-state index contributed by atoms with van der Waals surface area (Å²) in [5, 5.41) is 11.7. The molecule has 456 valence electrons. The minimum Gasteiger partial charge on any atom is -0.382 e. The summed E-state index contributed by atoms with van der Waals surface area (Å²) in [6.45, 7) is 28.9. The van der Waals surface area contributed by atoms with Crippen LogP contribution in [0.2, 0.25) is 0 Å². The first kappa shape index (κ1) is 72.1. The van der Waals surface area contributed by atoms with Crippen LogP contribution in [0, 0.1) is 10.8 Å². The van der Waals surface area contributed by atoms with Gasteiger partial charge in [0.1, 0.15) is 6.04 Å². The molecule has 0 spiro atoms. The monoisotopic (exact) mass is 1130 g/mol. The smallest absolute Gasteiger partial charge is 0.244 e. The minimum atomic E-state index is -0.760. The Morgan fingerprint density at radius 2 is 0.938 bits per heavy atom. The normalized spacial score (nSPS) is 16.8. The van der Waals surface area contributed by atoms with Gasteiger partial charge in [-0.05, 0) is 145 Å². The fourth-order valence-electron chi connectivity index (χ4n) is 9.38. The molecule has 0 fully saturated rings. The van der Waals surface area contributed by atoms with E-state index in [1.54, 1.807) is 13.2 Å². The van der Waals surface area contributed by atoms with Gasteiger partial charge in [-0.25, -0.2) is 0 Å². The zero-order chi connectivity index (χ0) is 59.6. The predicted octanol–water partition coefficient (Wildman–Crippen LogP) is 11.0. The average molecular weight is 1130 g/mol. The molecule has 0 aromatic carbocycles. The number of carbonyl (C=O) groups is 4. The van der Waals surface area contributed by atoms with Gasteiger partial charge in [-0.1, -0.05) is 111 Å². The Balaban J connectivity index is 1.76. The third kappa shape index (κ3) is 35.6. The molecular weight excluding hydrogens is 1020 g/mol. The van der Waals surface area contributed by atoms with Crippen molar-refractivity contribution in [1.82, 2.24) is 21.3 Å². The van der Waals surface area contributed by atoms with Gasteiger partial charge in [0.2, 0.25) is 23.6 Å². The highest BCUT2D eigenvalue weighted by Crippen LogP contribution is 2.42. The van der Waals surface area contributed by atoms with Crippen molar-refractivity contribution in [2.75, 3.05) is 113 Å². The van der Waals surface area contributed by atoms with Gasteiger partial charge in [-0.2, -0.15) is 0 Å². The molecule has 0 aliphatic heterocycles. The van der Waals surface area contributed by atoms with Crippen LogP contribution in [-0.4, -0.2) is 142 Å². The summed E-state index contributed by atoms with van der Waals surface area (Å²) in [5.41, 5.74) is 9.98. The Labute approximate surface area is 488 Å². The topological polar surface area (TPSA) is 181 Å². The van der Waals surface area contributed by atoms with Gasteiger partial charge in [-0.15, -0.1) is 0 Å². The molecule has 4 amide bonds. The van der Waals surface area contributed by atoms with Crippen molar-refractivity contribution in [1.29, 1.82) is 0 Å². The van der Waals surface area contributed by atoms with Crippen LogP contribution >= 0.6 is 0 Å². The largest absolute Gasteiger partial charge is 0.382 e. The number of ether oxygens (including phenoxy) is 7. The van der Waals surface area contributed by atoms with Gasteiger partial charge in [0.05, 0.1) is 72.7 Å². The Morgan fingerprint density at radius 1 is 0.506 bits per heavy atom. The van der Waals surface area contributed by atoms with Gasteiger partial charge in [0.25, 0.3) is 0 Å². The van der Waals surface area contributed by atoms with Gasteiger partial charge >= 0.3 is 0 Å². The molecule has 4 N–H and O–H groups in total. The molecule has 0 radical (unpaired) electrons. The molecule has 2 rings (SSSR count). The van der Waals surface area contributed by atoms with Crippen LogP contribution in [0.4, 0.5) is 0 Å². The average Bonchev–Trinajstić information content (AvgIpc) is 3.45. The van der Waals surface area contributed by atoms with Gasteiger partial charge < -0.3 is 54.4 Å². The number of carbonyl (C=O) groups excluding carboxylic acids is 4. The third-order valence-electron chi connectivity index (χ3n) is 14.1. The number of nitrogens with one attached hydrogen (secondary N) is 4. The number of hydrogen-bond acceptors (Lipinski definition) is 11. The van der Waals surface area contributed by atoms with E-state index in [-0.39, 0.29) is 40.9 Å². The quantitative estimate of drug-likeness (QED) is 0.0259. The van der Waals surface area contributed by atoms with E-state index in [0.717, 1.165) is 35.1 Å². The maximum absolute atomic E-state index is 13.5. The summed E-state index contributed by atoms with van der Waals surface area (Å²) in [6.07, 6.45) is 34.1. The first-order valence-corrected chi connectivity index (χ1v) is 29.8. The van der Waals surface area contributed by atoms with Crippen LogP contribution in [0.5, 0.6) is 0 Å². The van der Waals surface area contributed by atoms with E-state index in [4.69, 9.17) is 33.2 Å². The van der Waals surface area contributed by atoms with Gasteiger partial charge in [0, 0.05) is 58.5 Å². The zero-order valence-electron chi connectivity index (χ0n) is 51.8. The Morgan fingerprint density at radius 3 is 1.42 bits per heavy atom. The fourth-order valence-corrected chi connectivity index (χ4v) is 9.38. The molecule has 0 unspecified atom stereocenters. The second-order valence-corrected chi connectivity index (χ2v) is 22.5. The lowest BCUT2D eigenvalue weighted by atomic mass is 9.72. The van der Waals surface area contributed by atoms with E-state index in [1.165, 1.54) is 54.1 Å². The lowest BCUT2D eigenvalue weighted by Gasteiger charge is -2.33. The number of unbranched alkanes of at least 4 members (excludes halogenated alkanes) is 1. The van der Waals surface area contributed by atoms with Crippen LogP contribution in [0.15, 0.2) is 117 Å². The molecule has 0 saturated carbocycles. The Kier molecular flexibility index (Phi) is 38.9. The van der Waals surface area contributed by atoms with Gasteiger partial charge in [0.15, 0.2) is 0 Å². The molecule has 2 aliphatic rings. The minimum absolute atomic E-state index is 0.0677. The Bertz CT molecular complexity index is 2190. The highest BCUT2D eigenvalue weighted by atomic mass is 16.6. The molecule has 0 saturated heterocycles. The highest BCUT2D eigenvalue weighted by molar-refractivity contribution is 5.93. The summed E-state index contributed by atoms with van der Waals surface area (Å²) in [7, 11) is 1.63. The summed E-state index contributed by atoms with van der Waals surface area (Å²) in [5.74, 6) is -0.873. The highest BCUT2D eigenvalue weighted by Gasteiger charge is 2.27. The number of amides is 4. The SMILES string of the molecule is COCCOCCOCCOCCC(=O)NCCCOCCOCCOCCCNC(=O)[C@@H](CCCCNC(=O)/C=C(C)/C=C/C=C(C)/C=C/C1=C(C)CCCC1(C)C)NC(=O)/C=C(C)/C=C/C=C(C)/C=C/C1=C(C)CCCC1(C)C. The summed E-state index contributed by atoms with van der Waals surface area (Å²) < 4.78 is 38.1. The van der Waals surface area contributed by atoms with Crippen molar-refractivity contribution in [2.45, 2.75) is 152 Å². The van der Waals surface area contributed by atoms with Crippen LogP contribution in [-0.2, 0) is 52.3 Å². The molecule has 15 heteroatoms. The first-order chi connectivity index (χ1) is 38.8. The molecule has 1 atom stereocenters. The van der Waals surface area contributed by atoms with Crippen molar-refractivity contribution in [3.05, 3.63) is 117 Å². The van der Waals surface area contributed by atoms with Crippen molar-refractivity contribution in [2.24, 2.45) is 10.8 Å². The number of methoxy groups -OCH3 is 1. The van der Waals surface area contributed by atoms with Crippen molar-refractivity contribution in [3.8, 4) is 0 Å². The van der Waals surface area contributed by atoms with Crippen molar-refractivity contribution in [3.63, 3.8) is 0 Å². The maximum atomic E-state index is 13.5. The predicted molar refractivity (Wildman–Crippen MR) is 328 cm³/mol. The molecule has 0 heterocycles. The number of rotatable bonds is 43. The van der Waals surface area contributed by atoms with Crippen LogP contribution in [0.25, 0.3) is 0 Å². The first-order valence-electron chi connectivity index (χ1n) is 29.8. The zero-order valence-corrected chi connectivity index (χ0v) is 51.8. The molecule has 0 aromatic heterocycles. The molecule has 2 aliphatic carbocycles. The van der Waals surface area contributed by atoms with Crippen LogP contribution < -0.4 is 21.3 Å². The second kappa shape index (κ2) is 43.6. The fraction of sp³-hybridized carbons (Fsp3) is 0.636. The maximum Gasteiger partial charge on any atom is 0.244 e. The van der Waals surface area contributed by atoms with E-state index >= 15 is 0 Å². The molecule has 15 nitrogen and oxygen atoms in total. The van der Waals surface area contributed by atoms with E-state index < -0.39 is 6.04 Å². The lowest BCUT2D eigenvalue weighted by Crippen LogP contribution is -2.46. The second-order valence-electron chi connectivity index (χ2n) is 22.5. The van der Waals surface area contributed by atoms with Crippen molar-refractivity contribution >= 4 is 23.6 Å². The number of hydrogen-bond donors (Lipinski definition) is 4. The summed E-state index contributed by atoms with van der Waals surface area (Å²) in [4.78, 5) is 51.6. The molecular formula is C66H106N4O11. The van der Waals surface area contributed by atoms with E-state index in [2.05, 4.69) is 107 Å². The summed E-state index contributed by atoms with van der Waals surface area (Å²) in [6, 6.07) is -0.760. The van der Waals surface area contributed by atoms with Crippen LogP contribution in [0.3, 0.4) is 0 Å². The van der Waals surface area contributed by atoms with Crippen molar-refractivity contribution < 1.29 is 52.3 Å². The number of allylic oxidation sites excluding steroid dienone is 18. The lowest BCUT2D eigenvalue weighted by molar-refractivity contribution is -0.127. The van der Waals surface area contributed by atoms with Crippen LogP contribution in [0.1, 0.15) is 146 Å². The van der Waals surface area contributed by atoms with E-state index in [1.807, 2.05) is 44.2 Å². The van der Waals surface area contributed by atoms with E-state index in [0.29, 0.717) is 138 Å². The van der Waals surface area contributed by atoms with Gasteiger partial charge in [-0.3, -0.25) is 19.2 Å². The molecule has 0 bridgehead atoms. The Hall–Kier alpha value is -5.00. The summed E-state index contributed by atoms with van der Waals surface area (Å²) >= 11 is 0. The molecule has 0 aromatic rings. The molecule has 81 heavy (non-hydrogen) atoms. The van der Waals surface area contributed by atoms with E-state index in [9.17, 15) is 19.2 Å². The standard InChI is InChI=1S/C66H106N4O11/c1-52(27-29-58-56(5)24-16-32-65(58,7)8)20-14-22-54(3)50-62(72)68-34-13-12-26-60(70-63(73)51-55(4)23-15-21-53(2)28-30-59-57(6)25-17-33-66(59,9)10)64(74)69-36-19-38-77-43-46-80-45-42-76-37-18-35-67-61(71)31-39-78-44-47-81-49-48-79-41-40-75-11/h14-15,20-23,27-30,50-51,60H,12-13,16-19,24-26,31-49H2,1-11H3,(H,67,71)(H,68,72)(H,69,74)(H,70,73)/b22-14+,23-15+,29-27+,30-28+,52-20+,53-21+,54-50+,55-51+/t60-/m1/s1. The third-order valence-corrected chi connectivity index (χ3v) is 14.1.